The predicted octanol–water partition coefficient (Wildman–Crippen LogP) is 2.52. The molecule has 0 aliphatic rings. The molecule has 2 rings (SSSR count). The summed E-state index contributed by atoms with van der Waals surface area (Å²) < 4.78 is 0. The van der Waals surface area contributed by atoms with Crippen molar-refractivity contribution in [1.29, 1.82) is 0 Å². The van der Waals surface area contributed by atoms with Gasteiger partial charge in [-0.3, -0.25) is 0 Å². The van der Waals surface area contributed by atoms with Crippen LogP contribution in [-0.4, -0.2) is 21.0 Å². The molecule has 0 aliphatic heterocycles. The molecule has 0 atom stereocenters. The van der Waals surface area contributed by atoms with Crippen molar-refractivity contribution in [2.24, 2.45) is 0 Å². The highest BCUT2D eigenvalue weighted by molar-refractivity contribution is 7.99. The van der Waals surface area contributed by atoms with Gasteiger partial charge in [-0.25, -0.2) is 15.0 Å². The van der Waals surface area contributed by atoms with Gasteiger partial charge in [0.2, 0.25) is 0 Å². The maximum Gasteiger partial charge on any atom is 0.116 e. The fourth-order valence-electron chi connectivity index (χ4n) is 1.40. The molecule has 2 aromatic heterocycles. The second-order valence-electron chi connectivity index (χ2n) is 4.15. The van der Waals surface area contributed by atoms with Gasteiger partial charge in [-0.1, -0.05) is 19.9 Å². The Morgan fingerprint density at radius 3 is 2.83 bits per heavy atom. The van der Waals surface area contributed by atoms with Crippen molar-refractivity contribution in [1.82, 2.24) is 20.3 Å². The van der Waals surface area contributed by atoms with E-state index in [1.165, 1.54) is 5.56 Å². The van der Waals surface area contributed by atoms with Crippen molar-refractivity contribution in [3.8, 4) is 0 Å². The minimum atomic E-state index is 0.460. The van der Waals surface area contributed by atoms with Crippen molar-refractivity contribution in [3.05, 3.63) is 42.5 Å². The molecule has 1 N–H and O–H groups in total. The predicted molar refractivity (Wildman–Crippen MR) is 72.4 cm³/mol. The lowest BCUT2D eigenvalue weighted by atomic mass is 10.2. The third-order valence-corrected chi connectivity index (χ3v) is 3.32. The molecule has 0 saturated heterocycles. The average molecular weight is 260 g/mol. The van der Waals surface area contributed by atoms with Crippen LogP contribution < -0.4 is 5.32 Å². The van der Waals surface area contributed by atoms with Crippen LogP contribution in [0.25, 0.3) is 0 Å². The van der Waals surface area contributed by atoms with Gasteiger partial charge < -0.3 is 5.32 Å². The molecule has 94 valence electrons. The SMILES string of the molecule is CC(C)NCc1cccnc1Sc1ccncn1. The summed E-state index contributed by atoms with van der Waals surface area (Å²) in [7, 11) is 0. The molecule has 4 nitrogen and oxygen atoms in total. The molecule has 0 aliphatic carbocycles. The van der Waals surface area contributed by atoms with Gasteiger partial charge in [0, 0.05) is 25.0 Å². The molecule has 0 bridgehead atoms. The first-order valence-electron chi connectivity index (χ1n) is 5.87. The Balaban J connectivity index is 2.12. The molecule has 0 spiro atoms. The normalized spacial score (nSPS) is 10.8. The first kappa shape index (κ1) is 13.0. The minimum absolute atomic E-state index is 0.460. The quantitative estimate of drug-likeness (QED) is 0.837. The number of nitrogens with one attached hydrogen (secondary N) is 1. The lowest BCUT2D eigenvalue weighted by molar-refractivity contribution is 0.582. The van der Waals surface area contributed by atoms with Gasteiger partial charge >= 0.3 is 0 Å². The first-order chi connectivity index (χ1) is 8.75. The van der Waals surface area contributed by atoms with Crippen LogP contribution in [0.3, 0.4) is 0 Å². The zero-order valence-corrected chi connectivity index (χ0v) is 11.3. The monoisotopic (exact) mass is 260 g/mol. The minimum Gasteiger partial charge on any atom is -0.310 e. The highest BCUT2D eigenvalue weighted by Gasteiger charge is 2.06. The van der Waals surface area contributed by atoms with Crippen molar-refractivity contribution < 1.29 is 0 Å². The molecule has 18 heavy (non-hydrogen) atoms. The van der Waals surface area contributed by atoms with Gasteiger partial charge in [0.1, 0.15) is 16.4 Å². The fourth-order valence-corrected chi connectivity index (χ4v) is 2.21. The third kappa shape index (κ3) is 3.78. The Labute approximate surface area is 111 Å². The summed E-state index contributed by atoms with van der Waals surface area (Å²) in [5.41, 5.74) is 1.19. The third-order valence-electron chi connectivity index (χ3n) is 2.31. The van der Waals surface area contributed by atoms with E-state index in [1.807, 2.05) is 18.3 Å². The summed E-state index contributed by atoms with van der Waals surface area (Å²) in [5.74, 6) is 0. The Kier molecular flexibility index (Phi) is 4.66. The number of nitrogens with zero attached hydrogens (tertiary/aromatic N) is 3. The fraction of sp³-hybridized carbons (Fsp3) is 0.308. The summed E-state index contributed by atoms with van der Waals surface area (Å²) in [5, 5.41) is 5.30. The standard InChI is InChI=1S/C13H16N4S/c1-10(2)16-8-11-4-3-6-15-13(11)18-12-5-7-14-9-17-12/h3-7,9-10,16H,8H2,1-2H3. The summed E-state index contributed by atoms with van der Waals surface area (Å²) in [6.07, 6.45) is 5.10. The second-order valence-corrected chi connectivity index (χ2v) is 5.16. The molecular formula is C13H16N4S. The highest BCUT2D eigenvalue weighted by atomic mass is 32.2. The van der Waals surface area contributed by atoms with Crippen molar-refractivity contribution in [2.75, 3.05) is 0 Å². The topological polar surface area (TPSA) is 50.7 Å². The molecule has 5 heteroatoms. The molecule has 2 aromatic rings. The van der Waals surface area contributed by atoms with E-state index in [0.29, 0.717) is 6.04 Å². The maximum absolute atomic E-state index is 4.41. The van der Waals surface area contributed by atoms with E-state index < -0.39 is 0 Å². The van der Waals surface area contributed by atoms with Crippen LogP contribution >= 0.6 is 11.8 Å². The largest absolute Gasteiger partial charge is 0.310 e. The molecule has 0 unspecified atom stereocenters. The number of rotatable bonds is 5. The summed E-state index contributed by atoms with van der Waals surface area (Å²) >= 11 is 1.56. The Bertz CT molecular complexity index is 487. The molecule has 0 saturated carbocycles. The summed E-state index contributed by atoms with van der Waals surface area (Å²) in [4.78, 5) is 12.5. The van der Waals surface area contributed by atoms with Gasteiger partial charge in [-0.2, -0.15) is 0 Å². The molecule has 0 aromatic carbocycles. The zero-order chi connectivity index (χ0) is 12.8. The van der Waals surface area contributed by atoms with Crippen LogP contribution in [-0.2, 0) is 6.54 Å². The second kappa shape index (κ2) is 6.47. The van der Waals surface area contributed by atoms with Gasteiger partial charge in [-0.05, 0) is 29.5 Å². The van der Waals surface area contributed by atoms with Crippen molar-refractivity contribution in [2.45, 2.75) is 36.5 Å². The van der Waals surface area contributed by atoms with Crippen LogP contribution in [0.15, 0.2) is 47.0 Å². The van der Waals surface area contributed by atoms with Gasteiger partial charge in [-0.15, -0.1) is 0 Å². The summed E-state index contributed by atoms with van der Waals surface area (Å²) in [6.45, 7) is 5.08. The average Bonchev–Trinajstić information content (AvgIpc) is 2.39. The van der Waals surface area contributed by atoms with Crippen LogP contribution in [0.1, 0.15) is 19.4 Å². The smallest absolute Gasteiger partial charge is 0.116 e. The van der Waals surface area contributed by atoms with E-state index in [9.17, 15) is 0 Å². The van der Waals surface area contributed by atoms with Crippen LogP contribution in [0.4, 0.5) is 0 Å². The Hall–Kier alpha value is -1.46. The summed E-state index contributed by atoms with van der Waals surface area (Å²) in [6, 6.07) is 6.40. The van der Waals surface area contributed by atoms with Gasteiger partial charge in [0.25, 0.3) is 0 Å². The molecular weight excluding hydrogens is 244 g/mol. The van der Waals surface area contributed by atoms with E-state index in [2.05, 4.69) is 40.2 Å². The molecule has 0 radical (unpaired) electrons. The molecule has 2 heterocycles. The maximum atomic E-state index is 4.41. The van der Waals surface area contributed by atoms with Crippen LogP contribution in [0.2, 0.25) is 0 Å². The number of pyridine rings is 1. The molecule has 0 fully saturated rings. The highest BCUT2D eigenvalue weighted by Crippen LogP contribution is 2.26. The van der Waals surface area contributed by atoms with Crippen molar-refractivity contribution in [3.63, 3.8) is 0 Å². The van der Waals surface area contributed by atoms with Crippen LogP contribution in [0, 0.1) is 0 Å². The van der Waals surface area contributed by atoms with Gasteiger partial charge in [0.05, 0.1) is 0 Å². The lowest BCUT2D eigenvalue weighted by Crippen LogP contribution is -2.22. The van der Waals surface area contributed by atoms with Gasteiger partial charge in [0.15, 0.2) is 0 Å². The van der Waals surface area contributed by atoms with E-state index >= 15 is 0 Å². The Morgan fingerprint density at radius 1 is 1.22 bits per heavy atom. The zero-order valence-electron chi connectivity index (χ0n) is 10.5. The Morgan fingerprint density at radius 2 is 2.11 bits per heavy atom. The number of aromatic nitrogens is 3. The van der Waals surface area contributed by atoms with E-state index in [1.54, 1.807) is 24.3 Å². The lowest BCUT2D eigenvalue weighted by Gasteiger charge is -2.10. The number of hydrogen-bond donors (Lipinski definition) is 1. The van der Waals surface area contributed by atoms with Crippen molar-refractivity contribution >= 4 is 11.8 Å². The van der Waals surface area contributed by atoms with E-state index in [-0.39, 0.29) is 0 Å². The molecule has 0 amide bonds. The van der Waals surface area contributed by atoms with E-state index in [0.717, 1.165) is 16.6 Å². The first-order valence-corrected chi connectivity index (χ1v) is 6.68. The van der Waals surface area contributed by atoms with E-state index in [4.69, 9.17) is 0 Å². The van der Waals surface area contributed by atoms with Crippen LogP contribution in [0.5, 0.6) is 0 Å². The number of hydrogen-bond acceptors (Lipinski definition) is 5.